The highest BCUT2D eigenvalue weighted by Gasteiger charge is 2.24. The summed E-state index contributed by atoms with van der Waals surface area (Å²) in [7, 11) is 0. The van der Waals surface area contributed by atoms with Crippen molar-refractivity contribution in [3.63, 3.8) is 0 Å². The Morgan fingerprint density at radius 3 is 2.47 bits per heavy atom. The molecule has 1 saturated heterocycles. The minimum atomic E-state index is 0.250. The van der Waals surface area contributed by atoms with Crippen molar-refractivity contribution in [3.8, 4) is 0 Å². The number of carbonyl (C=O) groups is 1. The molecule has 1 amide bonds. The minimum absolute atomic E-state index is 0.250. The molecule has 1 rings (SSSR count). The average Bonchev–Trinajstić information content (AvgIpc) is 2.18. The Labute approximate surface area is 93.2 Å². The van der Waals surface area contributed by atoms with Gasteiger partial charge in [0.2, 0.25) is 5.91 Å². The molecule has 1 heterocycles. The van der Waals surface area contributed by atoms with E-state index in [4.69, 9.17) is 0 Å². The third-order valence-corrected chi connectivity index (χ3v) is 2.93. The van der Waals surface area contributed by atoms with Gasteiger partial charge in [-0.3, -0.25) is 4.79 Å². The smallest absolute Gasteiger partial charge is 0.223 e. The zero-order valence-corrected chi connectivity index (χ0v) is 10.3. The lowest BCUT2D eigenvalue weighted by molar-refractivity contribution is -0.126. The molecular formula is C12H24N2O. The second-order valence-corrected chi connectivity index (χ2v) is 4.78. The molecule has 0 unspecified atom stereocenters. The van der Waals surface area contributed by atoms with Gasteiger partial charge < -0.3 is 10.2 Å². The van der Waals surface area contributed by atoms with Crippen LogP contribution in [-0.4, -0.2) is 36.5 Å². The van der Waals surface area contributed by atoms with E-state index in [0.717, 1.165) is 25.9 Å². The Balaban J connectivity index is 2.27. The van der Waals surface area contributed by atoms with Crippen molar-refractivity contribution >= 4 is 5.91 Å². The topological polar surface area (TPSA) is 32.3 Å². The van der Waals surface area contributed by atoms with Gasteiger partial charge in [-0.2, -0.15) is 0 Å². The summed E-state index contributed by atoms with van der Waals surface area (Å²) in [4.78, 5) is 14.2. The molecule has 1 fully saturated rings. The number of nitrogens with one attached hydrogen (secondary N) is 1. The van der Waals surface area contributed by atoms with Gasteiger partial charge in [0.05, 0.1) is 0 Å². The molecule has 0 radical (unpaired) electrons. The van der Waals surface area contributed by atoms with Gasteiger partial charge >= 0.3 is 0 Å². The Morgan fingerprint density at radius 2 is 2.00 bits per heavy atom. The molecule has 3 nitrogen and oxygen atoms in total. The van der Waals surface area contributed by atoms with Crippen molar-refractivity contribution in [2.75, 3.05) is 19.6 Å². The molecular weight excluding hydrogens is 188 g/mol. The molecule has 0 aliphatic carbocycles. The number of rotatable bonds is 4. The van der Waals surface area contributed by atoms with Gasteiger partial charge in [0.1, 0.15) is 0 Å². The molecule has 88 valence electrons. The largest absolute Gasteiger partial charge is 0.354 e. The Bertz CT molecular complexity index is 196. The maximum atomic E-state index is 11.7. The van der Waals surface area contributed by atoms with E-state index in [1.165, 1.54) is 13.0 Å². The van der Waals surface area contributed by atoms with Gasteiger partial charge in [0, 0.05) is 12.0 Å². The van der Waals surface area contributed by atoms with E-state index in [-0.39, 0.29) is 17.9 Å². The standard InChI is InChI=1S/C12H24N2O/c1-4-7-14-8-5-11(6-9-14)12(15)13-10(2)3/h10-11H,4-9H2,1-3H3,(H,13,15). The fourth-order valence-corrected chi connectivity index (χ4v) is 2.14. The number of amides is 1. The van der Waals surface area contributed by atoms with Gasteiger partial charge in [-0.1, -0.05) is 6.92 Å². The van der Waals surface area contributed by atoms with Gasteiger partial charge in [-0.15, -0.1) is 0 Å². The minimum Gasteiger partial charge on any atom is -0.354 e. The van der Waals surface area contributed by atoms with Crippen molar-refractivity contribution in [2.24, 2.45) is 5.92 Å². The molecule has 3 heteroatoms. The van der Waals surface area contributed by atoms with Crippen LogP contribution in [-0.2, 0) is 4.79 Å². The molecule has 1 aliphatic rings. The van der Waals surface area contributed by atoms with Crippen LogP contribution in [0, 0.1) is 5.92 Å². The Hall–Kier alpha value is -0.570. The average molecular weight is 212 g/mol. The normalized spacial score (nSPS) is 19.5. The lowest BCUT2D eigenvalue weighted by Crippen LogP contribution is -2.42. The quantitative estimate of drug-likeness (QED) is 0.768. The summed E-state index contributed by atoms with van der Waals surface area (Å²) < 4.78 is 0. The first-order chi connectivity index (χ1) is 7.13. The fourth-order valence-electron chi connectivity index (χ4n) is 2.14. The van der Waals surface area contributed by atoms with Crippen LogP contribution >= 0.6 is 0 Å². The SMILES string of the molecule is CCCN1CCC(C(=O)NC(C)C)CC1. The number of hydrogen-bond donors (Lipinski definition) is 1. The maximum absolute atomic E-state index is 11.7. The van der Waals surface area contributed by atoms with Crippen LogP contribution in [0.3, 0.4) is 0 Å². The number of piperidine rings is 1. The molecule has 0 saturated carbocycles. The number of hydrogen-bond acceptors (Lipinski definition) is 2. The number of carbonyl (C=O) groups excluding carboxylic acids is 1. The number of nitrogens with zero attached hydrogens (tertiary/aromatic N) is 1. The molecule has 0 spiro atoms. The van der Waals surface area contributed by atoms with Gasteiger partial charge in [0.25, 0.3) is 0 Å². The maximum Gasteiger partial charge on any atom is 0.223 e. The predicted octanol–water partition coefficient (Wildman–Crippen LogP) is 1.63. The van der Waals surface area contributed by atoms with Crippen molar-refractivity contribution in [2.45, 2.75) is 46.1 Å². The van der Waals surface area contributed by atoms with Crippen LogP contribution in [0.15, 0.2) is 0 Å². The van der Waals surface area contributed by atoms with Crippen LogP contribution in [0.5, 0.6) is 0 Å². The summed E-state index contributed by atoms with van der Waals surface area (Å²) >= 11 is 0. The first kappa shape index (κ1) is 12.5. The summed E-state index contributed by atoms with van der Waals surface area (Å²) in [6, 6.07) is 0.270. The van der Waals surface area contributed by atoms with Crippen LogP contribution in [0.1, 0.15) is 40.0 Å². The molecule has 0 aromatic carbocycles. The Kier molecular flexibility index (Phi) is 5.09. The van der Waals surface area contributed by atoms with Crippen LogP contribution in [0.25, 0.3) is 0 Å². The van der Waals surface area contributed by atoms with E-state index in [1.54, 1.807) is 0 Å². The third kappa shape index (κ3) is 4.20. The van der Waals surface area contributed by atoms with E-state index in [0.29, 0.717) is 0 Å². The molecule has 0 atom stereocenters. The van der Waals surface area contributed by atoms with E-state index in [1.807, 2.05) is 13.8 Å². The predicted molar refractivity (Wildman–Crippen MR) is 62.7 cm³/mol. The van der Waals surface area contributed by atoms with Gasteiger partial charge in [-0.25, -0.2) is 0 Å². The summed E-state index contributed by atoms with van der Waals surface area (Å²) in [5.74, 6) is 0.502. The van der Waals surface area contributed by atoms with E-state index < -0.39 is 0 Å². The molecule has 15 heavy (non-hydrogen) atoms. The number of likely N-dealkylation sites (tertiary alicyclic amines) is 1. The van der Waals surface area contributed by atoms with Crippen molar-refractivity contribution in [3.05, 3.63) is 0 Å². The summed E-state index contributed by atoms with van der Waals surface area (Å²) in [6.45, 7) is 9.60. The monoisotopic (exact) mass is 212 g/mol. The lowest BCUT2D eigenvalue weighted by Gasteiger charge is -2.31. The summed E-state index contributed by atoms with van der Waals surface area (Å²) in [5.41, 5.74) is 0. The summed E-state index contributed by atoms with van der Waals surface area (Å²) in [6.07, 6.45) is 3.26. The highest BCUT2D eigenvalue weighted by molar-refractivity contribution is 5.78. The van der Waals surface area contributed by atoms with E-state index in [9.17, 15) is 4.79 Å². The highest BCUT2D eigenvalue weighted by atomic mass is 16.1. The van der Waals surface area contributed by atoms with E-state index in [2.05, 4.69) is 17.1 Å². The Morgan fingerprint density at radius 1 is 1.40 bits per heavy atom. The zero-order chi connectivity index (χ0) is 11.3. The van der Waals surface area contributed by atoms with Crippen LogP contribution in [0.2, 0.25) is 0 Å². The zero-order valence-electron chi connectivity index (χ0n) is 10.3. The van der Waals surface area contributed by atoms with Crippen molar-refractivity contribution < 1.29 is 4.79 Å². The van der Waals surface area contributed by atoms with E-state index >= 15 is 0 Å². The van der Waals surface area contributed by atoms with Crippen LogP contribution in [0.4, 0.5) is 0 Å². The first-order valence-electron chi connectivity index (χ1n) is 6.16. The first-order valence-corrected chi connectivity index (χ1v) is 6.16. The highest BCUT2D eigenvalue weighted by Crippen LogP contribution is 2.17. The second-order valence-electron chi connectivity index (χ2n) is 4.78. The molecule has 0 aromatic heterocycles. The third-order valence-electron chi connectivity index (χ3n) is 2.93. The van der Waals surface area contributed by atoms with Crippen molar-refractivity contribution in [1.82, 2.24) is 10.2 Å². The van der Waals surface area contributed by atoms with Gasteiger partial charge in [-0.05, 0) is 52.7 Å². The van der Waals surface area contributed by atoms with Gasteiger partial charge in [0.15, 0.2) is 0 Å². The second kappa shape index (κ2) is 6.11. The van der Waals surface area contributed by atoms with Crippen LogP contribution < -0.4 is 5.32 Å². The molecule has 1 aliphatic heterocycles. The lowest BCUT2D eigenvalue weighted by atomic mass is 9.95. The summed E-state index contributed by atoms with van der Waals surface area (Å²) in [5, 5.41) is 3.00. The fraction of sp³-hybridized carbons (Fsp3) is 0.917. The molecule has 0 aromatic rings. The molecule has 0 bridgehead atoms. The molecule has 1 N–H and O–H groups in total. The van der Waals surface area contributed by atoms with Crippen molar-refractivity contribution in [1.29, 1.82) is 0 Å².